The van der Waals surface area contributed by atoms with E-state index >= 15 is 0 Å². The summed E-state index contributed by atoms with van der Waals surface area (Å²) in [6.07, 6.45) is 4.94. The van der Waals surface area contributed by atoms with Gasteiger partial charge in [-0.25, -0.2) is 0 Å². The predicted octanol–water partition coefficient (Wildman–Crippen LogP) is 3.14. The maximum absolute atomic E-state index is 12.1. The summed E-state index contributed by atoms with van der Waals surface area (Å²) in [5.41, 5.74) is 1.63. The summed E-state index contributed by atoms with van der Waals surface area (Å²) in [6, 6.07) is 6.12. The summed E-state index contributed by atoms with van der Waals surface area (Å²) in [5, 5.41) is 3.53. The molecule has 0 spiro atoms. The number of anilines is 1. The normalized spacial score (nSPS) is 15.2. The first-order valence-electron chi connectivity index (χ1n) is 7.37. The van der Waals surface area contributed by atoms with E-state index in [1.165, 1.54) is 25.7 Å². The van der Waals surface area contributed by atoms with Crippen LogP contribution in [0.4, 0.5) is 5.69 Å². The highest BCUT2D eigenvalue weighted by atomic mass is 16.5. The van der Waals surface area contributed by atoms with Crippen molar-refractivity contribution in [2.75, 3.05) is 26.0 Å². The zero-order valence-corrected chi connectivity index (χ0v) is 12.6. The molecule has 1 amide bonds. The van der Waals surface area contributed by atoms with Gasteiger partial charge in [-0.15, -0.1) is 0 Å². The lowest BCUT2D eigenvalue weighted by Gasteiger charge is -2.19. The van der Waals surface area contributed by atoms with Crippen LogP contribution in [0.2, 0.25) is 0 Å². The average molecular weight is 276 g/mol. The van der Waals surface area contributed by atoms with Crippen LogP contribution < -0.4 is 10.1 Å². The Hall–Kier alpha value is -1.71. The van der Waals surface area contributed by atoms with Crippen molar-refractivity contribution in [2.24, 2.45) is 0 Å². The second-order valence-electron chi connectivity index (χ2n) is 5.47. The fourth-order valence-corrected chi connectivity index (χ4v) is 2.61. The first kappa shape index (κ1) is 14.7. The molecule has 4 heteroatoms. The van der Waals surface area contributed by atoms with Gasteiger partial charge in [0.25, 0.3) is 5.91 Å². The molecule has 0 aliphatic heterocycles. The number of hydrogen-bond donors (Lipinski definition) is 1. The molecule has 1 aromatic rings. The Kier molecular flexibility index (Phi) is 4.88. The molecule has 1 aliphatic carbocycles. The molecule has 0 bridgehead atoms. The summed E-state index contributed by atoms with van der Waals surface area (Å²) >= 11 is 0. The topological polar surface area (TPSA) is 41.6 Å². The van der Waals surface area contributed by atoms with Crippen molar-refractivity contribution in [3.05, 3.63) is 23.8 Å². The van der Waals surface area contributed by atoms with E-state index < -0.39 is 0 Å². The van der Waals surface area contributed by atoms with Crippen LogP contribution in [0.1, 0.15) is 43.0 Å². The fourth-order valence-electron chi connectivity index (χ4n) is 2.61. The summed E-state index contributed by atoms with van der Waals surface area (Å²) in [6.45, 7) is 2.60. The van der Waals surface area contributed by atoms with Gasteiger partial charge in [-0.05, 0) is 38.0 Å². The molecule has 4 nitrogen and oxygen atoms in total. The molecule has 0 saturated heterocycles. The fraction of sp³-hybridized carbons (Fsp3) is 0.562. The van der Waals surface area contributed by atoms with Crippen LogP contribution in [0, 0.1) is 0 Å². The molecule has 1 saturated carbocycles. The summed E-state index contributed by atoms with van der Waals surface area (Å²) in [7, 11) is 3.53. The number of nitrogens with zero attached hydrogens (tertiary/aromatic N) is 1. The van der Waals surface area contributed by atoms with E-state index in [0.717, 1.165) is 11.4 Å². The van der Waals surface area contributed by atoms with Gasteiger partial charge >= 0.3 is 0 Å². The zero-order chi connectivity index (χ0) is 14.5. The first-order valence-corrected chi connectivity index (χ1v) is 7.37. The van der Waals surface area contributed by atoms with Gasteiger partial charge in [-0.1, -0.05) is 12.8 Å². The lowest BCUT2D eigenvalue weighted by atomic mass is 10.1. The lowest BCUT2D eigenvalue weighted by molar-refractivity contribution is 0.0827. The van der Waals surface area contributed by atoms with Gasteiger partial charge in [0, 0.05) is 25.7 Å². The van der Waals surface area contributed by atoms with E-state index in [2.05, 4.69) is 5.32 Å². The van der Waals surface area contributed by atoms with Crippen molar-refractivity contribution in [2.45, 2.75) is 38.6 Å². The number of ether oxygens (including phenoxy) is 1. The highest BCUT2D eigenvalue weighted by Gasteiger charge is 2.18. The molecule has 1 aromatic carbocycles. The predicted molar refractivity (Wildman–Crippen MR) is 81.5 cm³/mol. The maximum Gasteiger partial charge on any atom is 0.253 e. The lowest BCUT2D eigenvalue weighted by Crippen LogP contribution is -2.22. The maximum atomic E-state index is 12.1. The number of nitrogens with one attached hydrogen (secondary N) is 1. The Balaban J connectivity index is 2.23. The molecule has 20 heavy (non-hydrogen) atoms. The molecule has 0 unspecified atom stereocenters. The Morgan fingerprint density at radius 1 is 1.35 bits per heavy atom. The first-order chi connectivity index (χ1) is 9.61. The third-order valence-corrected chi connectivity index (χ3v) is 3.65. The third-order valence-electron chi connectivity index (χ3n) is 3.65. The van der Waals surface area contributed by atoms with Gasteiger partial charge in [0.2, 0.25) is 0 Å². The largest absolute Gasteiger partial charge is 0.492 e. The number of carbonyl (C=O) groups is 1. The van der Waals surface area contributed by atoms with Crippen molar-refractivity contribution < 1.29 is 9.53 Å². The van der Waals surface area contributed by atoms with E-state index in [-0.39, 0.29) is 5.91 Å². The quantitative estimate of drug-likeness (QED) is 0.898. The molecular weight excluding hydrogens is 252 g/mol. The van der Waals surface area contributed by atoms with Crippen LogP contribution in [-0.4, -0.2) is 37.6 Å². The SMILES string of the molecule is CCOc1ccc(C(=O)N(C)C)cc1NC1CCCC1. The zero-order valence-electron chi connectivity index (χ0n) is 12.6. The monoisotopic (exact) mass is 276 g/mol. The number of rotatable bonds is 5. The van der Waals surface area contributed by atoms with Gasteiger partial charge < -0.3 is 15.0 Å². The van der Waals surface area contributed by atoms with Gasteiger partial charge in [0.15, 0.2) is 0 Å². The number of benzene rings is 1. The highest BCUT2D eigenvalue weighted by molar-refractivity contribution is 5.95. The van der Waals surface area contributed by atoms with E-state index in [1.807, 2.05) is 25.1 Å². The Bertz CT molecular complexity index is 466. The van der Waals surface area contributed by atoms with Crippen molar-refractivity contribution in [3.63, 3.8) is 0 Å². The smallest absolute Gasteiger partial charge is 0.253 e. The summed E-state index contributed by atoms with van der Waals surface area (Å²) in [5.74, 6) is 0.845. The van der Waals surface area contributed by atoms with Crippen molar-refractivity contribution in [1.82, 2.24) is 4.90 Å². The standard InChI is InChI=1S/C16H24N2O2/c1-4-20-15-10-9-12(16(19)18(2)3)11-14(15)17-13-7-5-6-8-13/h9-11,13,17H,4-8H2,1-3H3. The van der Waals surface area contributed by atoms with Crippen molar-refractivity contribution in [1.29, 1.82) is 0 Å². The van der Waals surface area contributed by atoms with Crippen LogP contribution >= 0.6 is 0 Å². The Labute approximate surface area is 121 Å². The van der Waals surface area contributed by atoms with Crippen molar-refractivity contribution >= 4 is 11.6 Å². The highest BCUT2D eigenvalue weighted by Crippen LogP contribution is 2.30. The molecule has 0 heterocycles. The van der Waals surface area contributed by atoms with Crippen molar-refractivity contribution in [3.8, 4) is 5.75 Å². The van der Waals surface area contributed by atoms with E-state index in [0.29, 0.717) is 18.2 Å². The molecular formula is C16H24N2O2. The molecule has 1 fully saturated rings. The van der Waals surface area contributed by atoms with Crippen LogP contribution in [-0.2, 0) is 0 Å². The van der Waals surface area contributed by atoms with Gasteiger partial charge in [0.1, 0.15) is 5.75 Å². The minimum atomic E-state index is 0.0162. The van der Waals surface area contributed by atoms with Crippen LogP contribution in [0.5, 0.6) is 5.75 Å². The summed E-state index contributed by atoms with van der Waals surface area (Å²) in [4.78, 5) is 13.7. The Morgan fingerprint density at radius 3 is 2.65 bits per heavy atom. The molecule has 2 rings (SSSR count). The van der Waals surface area contributed by atoms with Gasteiger partial charge in [-0.3, -0.25) is 4.79 Å². The molecule has 110 valence electrons. The van der Waals surface area contributed by atoms with Crippen LogP contribution in [0.25, 0.3) is 0 Å². The minimum Gasteiger partial charge on any atom is -0.492 e. The second kappa shape index (κ2) is 6.64. The molecule has 0 atom stereocenters. The summed E-state index contributed by atoms with van der Waals surface area (Å²) < 4.78 is 5.66. The van der Waals surface area contributed by atoms with E-state index in [4.69, 9.17) is 4.74 Å². The van der Waals surface area contributed by atoms with Crippen LogP contribution in [0.15, 0.2) is 18.2 Å². The van der Waals surface area contributed by atoms with E-state index in [9.17, 15) is 4.79 Å². The number of carbonyl (C=O) groups excluding carboxylic acids is 1. The number of hydrogen-bond acceptors (Lipinski definition) is 3. The molecule has 1 N–H and O–H groups in total. The Morgan fingerprint density at radius 2 is 2.05 bits per heavy atom. The van der Waals surface area contributed by atoms with Gasteiger partial charge in [0.05, 0.1) is 12.3 Å². The van der Waals surface area contributed by atoms with E-state index in [1.54, 1.807) is 19.0 Å². The molecule has 0 radical (unpaired) electrons. The minimum absolute atomic E-state index is 0.0162. The molecule has 0 aromatic heterocycles. The number of amides is 1. The van der Waals surface area contributed by atoms with Crippen LogP contribution in [0.3, 0.4) is 0 Å². The average Bonchev–Trinajstić information content (AvgIpc) is 2.93. The third kappa shape index (κ3) is 3.44. The molecule has 1 aliphatic rings. The van der Waals surface area contributed by atoms with Gasteiger partial charge in [-0.2, -0.15) is 0 Å². The second-order valence-corrected chi connectivity index (χ2v) is 5.47.